The van der Waals surface area contributed by atoms with Gasteiger partial charge in [0.1, 0.15) is 11.4 Å². The van der Waals surface area contributed by atoms with Gasteiger partial charge in [-0.1, -0.05) is 12.1 Å². The fourth-order valence-electron chi connectivity index (χ4n) is 3.66. The lowest BCUT2D eigenvalue weighted by molar-refractivity contribution is -0.131. The highest BCUT2D eigenvalue weighted by Crippen LogP contribution is 2.19. The van der Waals surface area contributed by atoms with Gasteiger partial charge < -0.3 is 19.4 Å². The van der Waals surface area contributed by atoms with Crippen molar-refractivity contribution in [1.29, 1.82) is 0 Å². The van der Waals surface area contributed by atoms with Crippen LogP contribution in [-0.4, -0.2) is 45.8 Å². The lowest BCUT2D eigenvalue weighted by atomic mass is 10.1. The van der Waals surface area contributed by atoms with Crippen LogP contribution in [-0.2, 0) is 11.3 Å². The van der Waals surface area contributed by atoms with Gasteiger partial charge in [-0.15, -0.1) is 0 Å². The van der Waals surface area contributed by atoms with Crippen molar-refractivity contribution < 1.29 is 14.3 Å². The number of aromatic nitrogens is 2. The molecule has 7 nitrogen and oxygen atoms in total. The maximum atomic E-state index is 12.7. The van der Waals surface area contributed by atoms with Crippen LogP contribution in [0.25, 0.3) is 5.65 Å². The Morgan fingerprint density at radius 1 is 1.28 bits per heavy atom. The van der Waals surface area contributed by atoms with Gasteiger partial charge in [0.25, 0.3) is 5.91 Å². The number of amides is 2. The first-order valence-electron chi connectivity index (χ1n) is 9.76. The van der Waals surface area contributed by atoms with E-state index in [9.17, 15) is 9.59 Å². The molecule has 4 rings (SSSR count). The van der Waals surface area contributed by atoms with Gasteiger partial charge in [-0.2, -0.15) is 0 Å². The summed E-state index contributed by atoms with van der Waals surface area (Å²) < 4.78 is 7.08. The number of fused-ring (bicyclic) bond motifs is 1. The number of hydrogen-bond donors (Lipinski definition) is 1. The zero-order chi connectivity index (χ0) is 20.2. The minimum atomic E-state index is -0.126. The summed E-state index contributed by atoms with van der Waals surface area (Å²) in [5.41, 5.74) is 2.42. The van der Waals surface area contributed by atoms with Gasteiger partial charge in [-0.05, 0) is 42.7 Å². The van der Waals surface area contributed by atoms with Gasteiger partial charge in [0.15, 0.2) is 0 Å². The fraction of sp³-hybridized carbons (Fsp3) is 0.318. The molecule has 1 aliphatic rings. The topological polar surface area (TPSA) is 75.9 Å². The summed E-state index contributed by atoms with van der Waals surface area (Å²) in [5.74, 6) is 0.772. The van der Waals surface area contributed by atoms with Gasteiger partial charge in [-0.25, -0.2) is 4.98 Å². The number of imidazole rings is 1. The first-order valence-corrected chi connectivity index (χ1v) is 9.76. The van der Waals surface area contributed by atoms with Crippen LogP contribution >= 0.6 is 0 Å². The molecule has 3 aromatic rings. The molecule has 0 aliphatic carbocycles. The molecular weight excluding hydrogens is 368 g/mol. The van der Waals surface area contributed by atoms with E-state index in [1.807, 2.05) is 45.8 Å². The van der Waals surface area contributed by atoms with Crippen molar-refractivity contribution in [1.82, 2.24) is 19.6 Å². The number of carbonyl (C=O) groups is 2. The molecular formula is C22H24N4O3. The van der Waals surface area contributed by atoms with Crippen molar-refractivity contribution in [3.05, 3.63) is 66.1 Å². The lowest BCUT2D eigenvalue weighted by Crippen LogP contribution is -2.36. The number of nitrogens with zero attached hydrogens (tertiary/aromatic N) is 3. The quantitative estimate of drug-likeness (QED) is 0.724. The van der Waals surface area contributed by atoms with Crippen LogP contribution in [0.3, 0.4) is 0 Å². The van der Waals surface area contributed by atoms with E-state index in [-0.39, 0.29) is 17.9 Å². The third kappa shape index (κ3) is 4.39. The minimum Gasteiger partial charge on any atom is -0.497 e. The molecule has 0 bridgehead atoms. The molecule has 1 fully saturated rings. The lowest BCUT2D eigenvalue weighted by Gasteiger charge is -2.21. The van der Waals surface area contributed by atoms with Crippen molar-refractivity contribution in [2.75, 3.05) is 13.7 Å². The third-order valence-electron chi connectivity index (χ3n) is 5.30. The number of ether oxygens (including phenoxy) is 1. The van der Waals surface area contributed by atoms with Crippen molar-refractivity contribution in [2.24, 2.45) is 0 Å². The summed E-state index contributed by atoms with van der Waals surface area (Å²) >= 11 is 0. The number of pyridine rings is 1. The standard InChI is InChI=1S/C22H24N4O3/c1-29-19-4-2-3-16(13-19)14-26-11-9-18(6-8-21(26)27)24-22(28)17-5-7-20-23-10-12-25(20)15-17/h2-5,7,10,12-13,15,18H,6,8-9,11,14H2,1H3,(H,24,28). The normalized spacial score (nSPS) is 17.2. The predicted octanol–water partition coefficient (Wildman–Crippen LogP) is 2.65. The van der Waals surface area contributed by atoms with E-state index in [4.69, 9.17) is 4.74 Å². The first-order chi connectivity index (χ1) is 14.1. The van der Waals surface area contributed by atoms with Gasteiger partial charge in [0.2, 0.25) is 5.91 Å². The zero-order valence-corrected chi connectivity index (χ0v) is 16.4. The van der Waals surface area contributed by atoms with Gasteiger partial charge >= 0.3 is 0 Å². The average Bonchev–Trinajstić information content (AvgIpc) is 3.15. The van der Waals surface area contributed by atoms with Crippen molar-refractivity contribution in [3.8, 4) is 5.75 Å². The van der Waals surface area contributed by atoms with Crippen molar-refractivity contribution in [3.63, 3.8) is 0 Å². The molecule has 0 saturated carbocycles. The summed E-state index contributed by atoms with van der Waals surface area (Å²) in [4.78, 5) is 31.3. The average molecular weight is 392 g/mol. The van der Waals surface area contributed by atoms with E-state index in [0.717, 1.165) is 23.4 Å². The number of carbonyl (C=O) groups excluding carboxylic acids is 2. The Bertz CT molecular complexity index is 1030. The second-order valence-electron chi connectivity index (χ2n) is 7.28. The highest BCUT2D eigenvalue weighted by atomic mass is 16.5. The Kier molecular flexibility index (Phi) is 5.46. The van der Waals surface area contributed by atoms with Crippen LogP contribution in [0.1, 0.15) is 35.2 Å². The molecule has 1 aliphatic heterocycles. The Balaban J connectivity index is 1.38. The molecule has 0 radical (unpaired) electrons. The maximum absolute atomic E-state index is 12.7. The Morgan fingerprint density at radius 3 is 3.03 bits per heavy atom. The summed E-state index contributed by atoms with van der Waals surface area (Å²) in [6, 6.07) is 11.3. The van der Waals surface area contributed by atoms with Crippen LogP contribution in [0.5, 0.6) is 5.75 Å². The summed E-state index contributed by atoms with van der Waals surface area (Å²) in [6.45, 7) is 1.16. The van der Waals surface area contributed by atoms with Gasteiger partial charge in [-0.3, -0.25) is 9.59 Å². The largest absolute Gasteiger partial charge is 0.497 e. The molecule has 2 aromatic heterocycles. The molecule has 2 amide bonds. The Hall–Kier alpha value is -3.35. The SMILES string of the molecule is COc1cccc(CN2CCC(NC(=O)c3ccc4nccn4c3)CCC2=O)c1. The van der Waals surface area contributed by atoms with E-state index >= 15 is 0 Å². The second kappa shape index (κ2) is 8.34. The predicted molar refractivity (Wildman–Crippen MR) is 109 cm³/mol. The minimum absolute atomic E-state index is 0.0276. The summed E-state index contributed by atoms with van der Waals surface area (Å²) in [6.07, 6.45) is 7.09. The highest BCUT2D eigenvalue weighted by molar-refractivity contribution is 5.94. The number of likely N-dealkylation sites (tertiary alicyclic amines) is 1. The van der Waals surface area contributed by atoms with Crippen molar-refractivity contribution in [2.45, 2.75) is 31.8 Å². The molecule has 0 spiro atoms. The Morgan fingerprint density at radius 2 is 2.17 bits per heavy atom. The molecule has 1 saturated heterocycles. The third-order valence-corrected chi connectivity index (χ3v) is 5.30. The van der Waals surface area contributed by atoms with Crippen LogP contribution < -0.4 is 10.1 Å². The Labute approximate surface area is 169 Å². The van der Waals surface area contributed by atoms with E-state index in [0.29, 0.717) is 31.5 Å². The zero-order valence-electron chi connectivity index (χ0n) is 16.4. The molecule has 3 heterocycles. The van der Waals surface area contributed by atoms with E-state index in [1.54, 1.807) is 25.6 Å². The van der Waals surface area contributed by atoms with Crippen LogP contribution in [0.15, 0.2) is 55.0 Å². The smallest absolute Gasteiger partial charge is 0.252 e. The van der Waals surface area contributed by atoms with Gasteiger partial charge in [0.05, 0.1) is 12.7 Å². The second-order valence-corrected chi connectivity index (χ2v) is 7.28. The molecule has 1 aromatic carbocycles. The number of rotatable bonds is 5. The number of methoxy groups -OCH3 is 1. The van der Waals surface area contributed by atoms with Gasteiger partial charge in [0, 0.05) is 44.1 Å². The number of nitrogens with one attached hydrogen (secondary N) is 1. The monoisotopic (exact) mass is 392 g/mol. The molecule has 7 heteroatoms. The van der Waals surface area contributed by atoms with Crippen LogP contribution in [0.2, 0.25) is 0 Å². The summed E-state index contributed by atoms with van der Waals surface area (Å²) in [5, 5.41) is 3.08. The number of hydrogen-bond acceptors (Lipinski definition) is 4. The van der Waals surface area contributed by atoms with E-state index in [1.165, 1.54) is 0 Å². The molecule has 1 unspecified atom stereocenters. The first kappa shape index (κ1) is 19.0. The highest BCUT2D eigenvalue weighted by Gasteiger charge is 2.24. The van der Waals surface area contributed by atoms with Crippen LogP contribution in [0.4, 0.5) is 0 Å². The fourth-order valence-corrected chi connectivity index (χ4v) is 3.66. The summed E-state index contributed by atoms with van der Waals surface area (Å²) in [7, 11) is 1.63. The molecule has 150 valence electrons. The van der Waals surface area contributed by atoms with E-state index < -0.39 is 0 Å². The maximum Gasteiger partial charge on any atom is 0.252 e. The number of benzene rings is 1. The molecule has 29 heavy (non-hydrogen) atoms. The molecule has 1 N–H and O–H groups in total. The van der Waals surface area contributed by atoms with E-state index in [2.05, 4.69) is 10.3 Å². The van der Waals surface area contributed by atoms with Crippen LogP contribution in [0, 0.1) is 0 Å². The van der Waals surface area contributed by atoms with Crippen molar-refractivity contribution >= 4 is 17.5 Å². The molecule has 1 atom stereocenters.